The Balaban J connectivity index is 1.34. The third kappa shape index (κ3) is 3.65. The second-order valence-electron chi connectivity index (χ2n) is 7.08. The number of piperidine rings is 1. The van der Waals surface area contributed by atoms with E-state index in [2.05, 4.69) is 4.98 Å². The van der Waals surface area contributed by atoms with Gasteiger partial charge >= 0.3 is 0 Å². The van der Waals surface area contributed by atoms with Crippen molar-refractivity contribution in [3.63, 3.8) is 0 Å². The van der Waals surface area contributed by atoms with Crippen molar-refractivity contribution in [2.24, 2.45) is 0 Å². The summed E-state index contributed by atoms with van der Waals surface area (Å²) in [5.74, 6) is 1.12. The first-order valence-corrected chi connectivity index (χ1v) is 9.41. The minimum atomic E-state index is -0.0579. The first-order valence-electron chi connectivity index (χ1n) is 9.41. The molecule has 1 saturated heterocycles. The van der Waals surface area contributed by atoms with Crippen LogP contribution in [0.1, 0.15) is 36.8 Å². The molecule has 4 rings (SSSR count). The van der Waals surface area contributed by atoms with E-state index in [4.69, 9.17) is 4.42 Å². The SMILES string of the molecule is Cc1cccc(=O)n1CCC(=O)N1CCC(c2nc3ccccc3o2)CC1. The van der Waals surface area contributed by atoms with Gasteiger partial charge in [0.15, 0.2) is 11.5 Å². The molecule has 0 aliphatic carbocycles. The van der Waals surface area contributed by atoms with Crippen LogP contribution in [0.25, 0.3) is 11.1 Å². The number of likely N-dealkylation sites (tertiary alicyclic amines) is 1. The lowest BCUT2D eigenvalue weighted by Crippen LogP contribution is -2.38. The van der Waals surface area contributed by atoms with E-state index < -0.39 is 0 Å². The van der Waals surface area contributed by atoms with E-state index in [1.807, 2.05) is 42.2 Å². The molecular formula is C21H23N3O3. The molecule has 27 heavy (non-hydrogen) atoms. The molecule has 3 heterocycles. The molecule has 6 nitrogen and oxygen atoms in total. The van der Waals surface area contributed by atoms with Crippen LogP contribution in [0.4, 0.5) is 0 Å². The summed E-state index contributed by atoms with van der Waals surface area (Å²) in [4.78, 5) is 31.0. The average molecular weight is 365 g/mol. The maximum Gasteiger partial charge on any atom is 0.250 e. The predicted molar refractivity (Wildman–Crippen MR) is 103 cm³/mol. The number of fused-ring (bicyclic) bond motifs is 1. The minimum absolute atomic E-state index is 0.0579. The Labute approximate surface area is 157 Å². The second kappa shape index (κ2) is 7.39. The van der Waals surface area contributed by atoms with Crippen molar-refractivity contribution < 1.29 is 9.21 Å². The van der Waals surface area contributed by atoms with Gasteiger partial charge in [-0.25, -0.2) is 4.98 Å². The highest BCUT2D eigenvalue weighted by atomic mass is 16.3. The zero-order valence-electron chi connectivity index (χ0n) is 15.4. The zero-order chi connectivity index (χ0) is 18.8. The van der Waals surface area contributed by atoms with Gasteiger partial charge in [-0.2, -0.15) is 0 Å². The number of hydrogen-bond acceptors (Lipinski definition) is 4. The highest BCUT2D eigenvalue weighted by Crippen LogP contribution is 2.30. The summed E-state index contributed by atoms with van der Waals surface area (Å²) in [5.41, 5.74) is 2.52. The highest BCUT2D eigenvalue weighted by molar-refractivity contribution is 5.76. The molecule has 0 bridgehead atoms. The number of amides is 1. The molecule has 0 saturated carbocycles. The van der Waals surface area contributed by atoms with Crippen molar-refractivity contribution in [3.05, 3.63) is 64.4 Å². The minimum Gasteiger partial charge on any atom is -0.440 e. The zero-order valence-corrected chi connectivity index (χ0v) is 15.4. The maximum atomic E-state index is 12.5. The van der Waals surface area contributed by atoms with E-state index in [1.54, 1.807) is 10.6 Å². The smallest absolute Gasteiger partial charge is 0.250 e. The van der Waals surface area contributed by atoms with E-state index in [9.17, 15) is 9.59 Å². The molecule has 6 heteroatoms. The van der Waals surface area contributed by atoms with E-state index in [0.29, 0.717) is 26.1 Å². The van der Waals surface area contributed by atoms with Gasteiger partial charge in [-0.3, -0.25) is 9.59 Å². The van der Waals surface area contributed by atoms with Crippen LogP contribution in [-0.2, 0) is 11.3 Å². The van der Waals surface area contributed by atoms with Gasteiger partial charge < -0.3 is 13.9 Å². The Kier molecular flexibility index (Phi) is 4.79. The number of pyridine rings is 1. The highest BCUT2D eigenvalue weighted by Gasteiger charge is 2.26. The van der Waals surface area contributed by atoms with Crippen LogP contribution in [0.5, 0.6) is 0 Å². The number of aryl methyl sites for hydroxylation is 1. The van der Waals surface area contributed by atoms with Crippen molar-refractivity contribution in [1.29, 1.82) is 0 Å². The fraction of sp³-hybridized carbons (Fsp3) is 0.381. The summed E-state index contributed by atoms with van der Waals surface area (Å²) in [6, 6.07) is 12.9. The van der Waals surface area contributed by atoms with E-state index >= 15 is 0 Å². The van der Waals surface area contributed by atoms with E-state index in [1.165, 1.54) is 6.07 Å². The van der Waals surface area contributed by atoms with Gasteiger partial charge in [0, 0.05) is 43.7 Å². The lowest BCUT2D eigenvalue weighted by Gasteiger charge is -2.30. The number of oxazole rings is 1. The standard InChI is InChI=1S/C21H23N3O3/c1-15-5-4-8-20(26)24(15)14-11-19(25)23-12-9-16(10-13-23)21-22-17-6-2-3-7-18(17)27-21/h2-8,16H,9-14H2,1H3. The number of hydrogen-bond donors (Lipinski definition) is 0. The number of aromatic nitrogens is 2. The lowest BCUT2D eigenvalue weighted by atomic mass is 9.96. The molecule has 0 unspecified atom stereocenters. The first-order chi connectivity index (χ1) is 13.1. The topological polar surface area (TPSA) is 68.3 Å². The van der Waals surface area contributed by atoms with Crippen molar-refractivity contribution in [2.75, 3.05) is 13.1 Å². The van der Waals surface area contributed by atoms with Crippen molar-refractivity contribution in [3.8, 4) is 0 Å². The lowest BCUT2D eigenvalue weighted by molar-refractivity contribution is -0.132. The van der Waals surface area contributed by atoms with Gasteiger partial charge in [0.05, 0.1) is 0 Å². The average Bonchev–Trinajstić information content (AvgIpc) is 3.12. The fourth-order valence-electron chi connectivity index (χ4n) is 3.72. The molecule has 0 radical (unpaired) electrons. The monoisotopic (exact) mass is 365 g/mol. The molecule has 0 N–H and O–H groups in total. The van der Waals surface area contributed by atoms with Crippen LogP contribution in [0, 0.1) is 6.92 Å². The molecule has 1 aromatic carbocycles. The van der Waals surface area contributed by atoms with Crippen LogP contribution >= 0.6 is 0 Å². The van der Waals surface area contributed by atoms with Gasteiger partial charge in [-0.15, -0.1) is 0 Å². The summed E-state index contributed by atoms with van der Waals surface area (Å²) in [6.45, 7) is 3.71. The Morgan fingerprint density at radius 3 is 2.67 bits per heavy atom. The fourth-order valence-corrected chi connectivity index (χ4v) is 3.72. The van der Waals surface area contributed by atoms with E-state index in [-0.39, 0.29) is 17.4 Å². The Hall–Kier alpha value is -2.89. The summed E-state index contributed by atoms with van der Waals surface area (Å²) in [6.07, 6.45) is 2.05. The summed E-state index contributed by atoms with van der Waals surface area (Å²) < 4.78 is 7.54. The number of carbonyl (C=O) groups excluding carboxylic acids is 1. The Morgan fingerprint density at radius 1 is 1.15 bits per heavy atom. The van der Waals surface area contributed by atoms with E-state index in [0.717, 1.165) is 35.5 Å². The summed E-state index contributed by atoms with van der Waals surface area (Å²) in [7, 11) is 0. The number of nitrogens with zero attached hydrogens (tertiary/aromatic N) is 3. The number of rotatable bonds is 4. The maximum absolute atomic E-state index is 12.5. The normalized spacial score (nSPS) is 15.4. The van der Waals surface area contributed by atoms with Crippen LogP contribution in [-0.4, -0.2) is 33.4 Å². The molecule has 1 fully saturated rings. The summed E-state index contributed by atoms with van der Waals surface area (Å²) >= 11 is 0. The van der Waals surface area contributed by atoms with Crippen LogP contribution < -0.4 is 5.56 Å². The number of para-hydroxylation sites is 2. The molecule has 0 atom stereocenters. The van der Waals surface area contributed by atoms with Gasteiger partial charge in [-0.05, 0) is 38.0 Å². The molecule has 0 spiro atoms. The summed E-state index contributed by atoms with van der Waals surface area (Å²) in [5, 5.41) is 0. The molecule has 1 amide bonds. The first kappa shape index (κ1) is 17.5. The van der Waals surface area contributed by atoms with Crippen molar-refractivity contribution in [2.45, 2.75) is 38.6 Å². The number of benzene rings is 1. The molecule has 3 aromatic rings. The second-order valence-corrected chi connectivity index (χ2v) is 7.08. The molecule has 2 aromatic heterocycles. The van der Waals surface area contributed by atoms with Gasteiger partial charge in [0.2, 0.25) is 5.91 Å². The largest absolute Gasteiger partial charge is 0.440 e. The van der Waals surface area contributed by atoms with Gasteiger partial charge in [0.1, 0.15) is 5.52 Å². The van der Waals surface area contributed by atoms with Crippen LogP contribution in [0.3, 0.4) is 0 Å². The third-order valence-corrected chi connectivity index (χ3v) is 5.32. The third-order valence-electron chi connectivity index (χ3n) is 5.32. The molecule has 1 aliphatic rings. The van der Waals surface area contributed by atoms with Crippen LogP contribution in [0.2, 0.25) is 0 Å². The molecule has 1 aliphatic heterocycles. The number of carbonyl (C=O) groups is 1. The van der Waals surface area contributed by atoms with Crippen LogP contribution in [0.15, 0.2) is 51.7 Å². The quantitative estimate of drug-likeness (QED) is 0.712. The van der Waals surface area contributed by atoms with Gasteiger partial charge in [-0.1, -0.05) is 18.2 Å². The Morgan fingerprint density at radius 2 is 1.93 bits per heavy atom. The van der Waals surface area contributed by atoms with Gasteiger partial charge in [0.25, 0.3) is 5.56 Å². The molecule has 140 valence electrons. The van der Waals surface area contributed by atoms with Crippen molar-refractivity contribution in [1.82, 2.24) is 14.5 Å². The Bertz CT molecular complexity index is 980. The van der Waals surface area contributed by atoms with Crippen molar-refractivity contribution >= 4 is 17.0 Å². The predicted octanol–water partition coefficient (Wildman–Crippen LogP) is 3.09. The molecular weight excluding hydrogens is 342 g/mol.